The molecule has 21 heavy (non-hydrogen) atoms. The van der Waals surface area contributed by atoms with Gasteiger partial charge in [0.1, 0.15) is 5.75 Å². The Hall–Kier alpha value is -1.02. The Labute approximate surface area is 130 Å². The monoisotopic (exact) mass is 289 g/mol. The highest BCUT2D eigenvalue weighted by Gasteiger charge is 2.31. The van der Waals surface area contributed by atoms with Crippen LogP contribution in [0.3, 0.4) is 0 Å². The van der Waals surface area contributed by atoms with E-state index in [1.807, 2.05) is 0 Å². The summed E-state index contributed by atoms with van der Waals surface area (Å²) in [5.41, 5.74) is 2.93. The summed E-state index contributed by atoms with van der Waals surface area (Å²) in [4.78, 5) is 0. The van der Waals surface area contributed by atoms with Crippen LogP contribution in [0.1, 0.15) is 56.6 Å². The molecule has 1 saturated carbocycles. The van der Waals surface area contributed by atoms with Crippen molar-refractivity contribution >= 4 is 0 Å². The second-order valence-corrected chi connectivity index (χ2v) is 6.48. The summed E-state index contributed by atoms with van der Waals surface area (Å²) in [6, 6.07) is 6.62. The molecular formula is C19H31NO. The lowest BCUT2D eigenvalue weighted by Crippen LogP contribution is -2.32. The van der Waals surface area contributed by atoms with Gasteiger partial charge < -0.3 is 10.1 Å². The van der Waals surface area contributed by atoms with Crippen LogP contribution in [0.15, 0.2) is 18.2 Å². The normalized spacial score (nSPS) is 25.8. The minimum absolute atomic E-state index is 0.702. The molecule has 0 spiro atoms. The van der Waals surface area contributed by atoms with Gasteiger partial charge in [0.25, 0.3) is 0 Å². The van der Waals surface area contributed by atoms with Crippen molar-refractivity contribution in [2.45, 2.75) is 52.4 Å². The fraction of sp³-hybridized carbons (Fsp3) is 0.684. The molecule has 1 aromatic rings. The minimum atomic E-state index is 0.702. The molecule has 1 fully saturated rings. The molecule has 1 aliphatic carbocycles. The van der Waals surface area contributed by atoms with Crippen LogP contribution < -0.4 is 10.1 Å². The lowest BCUT2D eigenvalue weighted by molar-refractivity contribution is 0.226. The Kier molecular flexibility index (Phi) is 6.10. The number of hydrogen-bond acceptors (Lipinski definition) is 2. The molecule has 0 aromatic heterocycles. The van der Waals surface area contributed by atoms with Crippen molar-refractivity contribution in [1.82, 2.24) is 5.32 Å². The molecule has 2 rings (SSSR count). The fourth-order valence-corrected chi connectivity index (χ4v) is 3.84. The zero-order valence-corrected chi connectivity index (χ0v) is 14.1. The smallest absolute Gasteiger partial charge is 0.119 e. The van der Waals surface area contributed by atoms with Crippen LogP contribution in [0.4, 0.5) is 0 Å². The van der Waals surface area contributed by atoms with Gasteiger partial charge in [0.2, 0.25) is 0 Å². The topological polar surface area (TPSA) is 21.3 Å². The van der Waals surface area contributed by atoms with Crippen LogP contribution in [0.5, 0.6) is 5.75 Å². The quantitative estimate of drug-likeness (QED) is 0.831. The van der Waals surface area contributed by atoms with Gasteiger partial charge in [0.15, 0.2) is 0 Å². The number of nitrogens with one attached hydrogen (secondary N) is 1. The summed E-state index contributed by atoms with van der Waals surface area (Å²) in [6.45, 7) is 9.00. The van der Waals surface area contributed by atoms with Crippen molar-refractivity contribution in [3.63, 3.8) is 0 Å². The molecule has 3 unspecified atom stereocenters. The first-order valence-electron chi connectivity index (χ1n) is 8.54. The third-order valence-electron chi connectivity index (χ3n) is 5.21. The highest BCUT2D eigenvalue weighted by Crippen LogP contribution is 2.43. The Balaban J connectivity index is 2.21. The Bertz CT molecular complexity index is 443. The maximum atomic E-state index is 5.36. The summed E-state index contributed by atoms with van der Waals surface area (Å²) in [6.07, 6.45) is 5.43. The third kappa shape index (κ3) is 4.00. The van der Waals surface area contributed by atoms with E-state index >= 15 is 0 Å². The highest BCUT2D eigenvalue weighted by atomic mass is 16.5. The lowest BCUT2D eigenvalue weighted by Gasteiger charge is -2.37. The Morgan fingerprint density at radius 3 is 2.67 bits per heavy atom. The van der Waals surface area contributed by atoms with Gasteiger partial charge in [-0.15, -0.1) is 0 Å². The number of benzene rings is 1. The molecule has 0 amide bonds. The number of rotatable bonds is 6. The van der Waals surface area contributed by atoms with E-state index in [0.29, 0.717) is 5.92 Å². The van der Waals surface area contributed by atoms with E-state index < -0.39 is 0 Å². The summed E-state index contributed by atoms with van der Waals surface area (Å²) >= 11 is 0. The number of ether oxygens (including phenoxy) is 1. The van der Waals surface area contributed by atoms with Gasteiger partial charge in [-0.1, -0.05) is 32.8 Å². The van der Waals surface area contributed by atoms with Gasteiger partial charge in [-0.3, -0.25) is 0 Å². The van der Waals surface area contributed by atoms with Crippen LogP contribution in [0.25, 0.3) is 0 Å². The number of aryl methyl sites for hydroxylation is 1. The van der Waals surface area contributed by atoms with E-state index in [9.17, 15) is 0 Å². The van der Waals surface area contributed by atoms with Crippen LogP contribution in [-0.2, 0) is 0 Å². The van der Waals surface area contributed by atoms with Crippen molar-refractivity contribution in [1.29, 1.82) is 0 Å². The van der Waals surface area contributed by atoms with E-state index in [4.69, 9.17) is 4.74 Å². The standard InChI is InChI=1S/C19H31NO/c1-5-15-7-8-16(13-20-6-2)19(12-15)18-10-9-17(21-4)11-14(18)3/h9-11,15-16,19-20H,5-8,12-13H2,1-4H3. The lowest BCUT2D eigenvalue weighted by atomic mass is 9.69. The van der Waals surface area contributed by atoms with Gasteiger partial charge in [-0.2, -0.15) is 0 Å². The zero-order valence-electron chi connectivity index (χ0n) is 14.1. The first kappa shape index (κ1) is 16.4. The molecule has 118 valence electrons. The summed E-state index contributed by atoms with van der Waals surface area (Å²) in [5, 5.41) is 3.57. The molecule has 0 bridgehead atoms. The average Bonchev–Trinajstić information content (AvgIpc) is 2.52. The van der Waals surface area contributed by atoms with Crippen molar-refractivity contribution in [2.24, 2.45) is 11.8 Å². The van der Waals surface area contributed by atoms with Gasteiger partial charge >= 0.3 is 0 Å². The molecule has 0 saturated heterocycles. The van der Waals surface area contributed by atoms with Crippen molar-refractivity contribution in [3.05, 3.63) is 29.3 Å². The highest BCUT2D eigenvalue weighted by molar-refractivity contribution is 5.37. The van der Waals surface area contributed by atoms with Gasteiger partial charge in [0.05, 0.1) is 7.11 Å². The number of methoxy groups -OCH3 is 1. The summed E-state index contributed by atoms with van der Waals surface area (Å²) in [5.74, 6) is 3.35. The van der Waals surface area contributed by atoms with E-state index in [0.717, 1.165) is 30.7 Å². The minimum Gasteiger partial charge on any atom is -0.497 e. The van der Waals surface area contributed by atoms with Crippen LogP contribution >= 0.6 is 0 Å². The van der Waals surface area contributed by atoms with E-state index in [1.165, 1.54) is 36.8 Å². The Morgan fingerprint density at radius 1 is 1.24 bits per heavy atom. The van der Waals surface area contributed by atoms with Crippen molar-refractivity contribution in [2.75, 3.05) is 20.2 Å². The SMILES string of the molecule is CCNCC1CCC(CC)CC1c1ccc(OC)cc1C. The largest absolute Gasteiger partial charge is 0.497 e. The van der Waals surface area contributed by atoms with E-state index in [-0.39, 0.29) is 0 Å². The van der Waals surface area contributed by atoms with Gasteiger partial charge in [0, 0.05) is 0 Å². The second kappa shape index (κ2) is 7.84. The number of hydrogen-bond donors (Lipinski definition) is 1. The molecule has 1 aromatic carbocycles. The molecule has 3 atom stereocenters. The molecule has 1 aliphatic rings. The van der Waals surface area contributed by atoms with Gasteiger partial charge in [-0.25, -0.2) is 0 Å². The third-order valence-corrected chi connectivity index (χ3v) is 5.21. The van der Waals surface area contributed by atoms with Gasteiger partial charge in [-0.05, 0) is 73.9 Å². The predicted molar refractivity (Wildman–Crippen MR) is 90.1 cm³/mol. The predicted octanol–water partition coefficient (Wildman–Crippen LogP) is 4.52. The summed E-state index contributed by atoms with van der Waals surface area (Å²) in [7, 11) is 1.75. The maximum Gasteiger partial charge on any atom is 0.119 e. The Morgan fingerprint density at radius 2 is 2.05 bits per heavy atom. The molecular weight excluding hydrogens is 258 g/mol. The fourth-order valence-electron chi connectivity index (χ4n) is 3.84. The van der Waals surface area contributed by atoms with Crippen molar-refractivity contribution < 1.29 is 4.74 Å². The van der Waals surface area contributed by atoms with Crippen LogP contribution in [0, 0.1) is 18.8 Å². The first-order valence-corrected chi connectivity index (χ1v) is 8.54. The van der Waals surface area contributed by atoms with Crippen molar-refractivity contribution in [3.8, 4) is 5.75 Å². The molecule has 0 aliphatic heterocycles. The molecule has 2 nitrogen and oxygen atoms in total. The molecule has 0 radical (unpaired) electrons. The second-order valence-electron chi connectivity index (χ2n) is 6.48. The van der Waals surface area contributed by atoms with E-state index in [1.54, 1.807) is 7.11 Å². The molecule has 2 heteroatoms. The molecule has 1 N–H and O–H groups in total. The van der Waals surface area contributed by atoms with E-state index in [2.05, 4.69) is 44.3 Å². The van der Waals surface area contributed by atoms with Crippen LogP contribution in [-0.4, -0.2) is 20.2 Å². The van der Waals surface area contributed by atoms with Crippen LogP contribution in [0.2, 0.25) is 0 Å². The average molecular weight is 289 g/mol. The zero-order chi connectivity index (χ0) is 15.2. The molecule has 0 heterocycles. The summed E-state index contributed by atoms with van der Waals surface area (Å²) < 4.78 is 5.36. The first-order chi connectivity index (χ1) is 10.2. The maximum absolute atomic E-state index is 5.36.